The highest BCUT2D eigenvalue weighted by Crippen LogP contribution is 2.29. The molecule has 0 aliphatic heterocycles. The molecule has 3 aromatic rings. The standard InChI is InChI=1S/C20H17F2N3O4S/c1-28-13-4-6-16(17(10-13)29-2)24-18(26)11-30-19-20(27)25(8-7-23-19)12-3-5-14(21)15(22)9-12/h3-10H,11H2,1-2H3,(H,24,26). The van der Waals surface area contributed by atoms with Crippen molar-refractivity contribution in [3.05, 3.63) is 70.8 Å². The smallest absolute Gasteiger partial charge is 0.287 e. The molecule has 156 valence electrons. The normalized spacial score (nSPS) is 10.5. The number of hydrogen-bond acceptors (Lipinski definition) is 6. The second kappa shape index (κ2) is 9.40. The number of hydrogen-bond donors (Lipinski definition) is 1. The summed E-state index contributed by atoms with van der Waals surface area (Å²) >= 11 is 0.922. The zero-order chi connectivity index (χ0) is 21.7. The molecule has 0 radical (unpaired) electrons. The van der Waals surface area contributed by atoms with Crippen LogP contribution in [0.2, 0.25) is 0 Å². The van der Waals surface area contributed by atoms with Crippen LogP contribution in [-0.4, -0.2) is 35.4 Å². The minimum Gasteiger partial charge on any atom is -0.497 e. The summed E-state index contributed by atoms with van der Waals surface area (Å²) in [7, 11) is 2.98. The van der Waals surface area contributed by atoms with Gasteiger partial charge in [-0.3, -0.25) is 14.2 Å². The van der Waals surface area contributed by atoms with E-state index in [1.165, 1.54) is 32.7 Å². The Morgan fingerprint density at radius 2 is 1.93 bits per heavy atom. The molecule has 10 heteroatoms. The maximum Gasteiger partial charge on any atom is 0.287 e. The first-order valence-corrected chi connectivity index (χ1v) is 9.59. The molecule has 0 atom stereocenters. The summed E-state index contributed by atoms with van der Waals surface area (Å²) < 4.78 is 38.1. The average Bonchev–Trinajstić information content (AvgIpc) is 2.75. The Labute approximate surface area is 174 Å². The highest BCUT2D eigenvalue weighted by Gasteiger charge is 2.13. The summed E-state index contributed by atoms with van der Waals surface area (Å²) in [6, 6.07) is 8.05. The Bertz CT molecular complexity index is 1140. The van der Waals surface area contributed by atoms with Crippen LogP contribution in [0, 0.1) is 11.6 Å². The molecule has 0 spiro atoms. The van der Waals surface area contributed by atoms with Gasteiger partial charge in [0.25, 0.3) is 5.56 Å². The van der Waals surface area contributed by atoms with Crippen LogP contribution < -0.4 is 20.3 Å². The number of methoxy groups -OCH3 is 2. The van der Waals surface area contributed by atoms with Crippen LogP contribution in [0.3, 0.4) is 0 Å². The van der Waals surface area contributed by atoms with E-state index in [9.17, 15) is 18.4 Å². The number of nitrogens with zero attached hydrogens (tertiary/aromatic N) is 2. The second-order valence-electron chi connectivity index (χ2n) is 5.91. The first-order valence-electron chi connectivity index (χ1n) is 8.60. The fourth-order valence-electron chi connectivity index (χ4n) is 2.55. The van der Waals surface area contributed by atoms with Gasteiger partial charge in [-0.15, -0.1) is 0 Å². The maximum atomic E-state index is 13.5. The van der Waals surface area contributed by atoms with E-state index in [1.807, 2.05) is 0 Å². The Morgan fingerprint density at radius 1 is 1.13 bits per heavy atom. The van der Waals surface area contributed by atoms with Gasteiger partial charge in [-0.25, -0.2) is 13.8 Å². The average molecular weight is 433 g/mol. The molecule has 0 fully saturated rings. The quantitative estimate of drug-likeness (QED) is 0.576. The third kappa shape index (κ3) is 4.77. The van der Waals surface area contributed by atoms with Gasteiger partial charge < -0.3 is 14.8 Å². The van der Waals surface area contributed by atoms with E-state index in [1.54, 1.807) is 18.2 Å². The highest BCUT2D eigenvalue weighted by molar-refractivity contribution is 7.99. The van der Waals surface area contributed by atoms with Gasteiger partial charge in [0, 0.05) is 24.5 Å². The zero-order valence-electron chi connectivity index (χ0n) is 16.0. The largest absolute Gasteiger partial charge is 0.497 e. The number of carbonyl (C=O) groups is 1. The Kier molecular flexibility index (Phi) is 6.68. The summed E-state index contributed by atoms with van der Waals surface area (Å²) in [5.41, 5.74) is 0.0445. The molecule has 1 amide bonds. The van der Waals surface area contributed by atoms with E-state index >= 15 is 0 Å². The summed E-state index contributed by atoms with van der Waals surface area (Å²) in [4.78, 5) is 28.9. The van der Waals surface area contributed by atoms with Crippen molar-refractivity contribution < 1.29 is 23.0 Å². The van der Waals surface area contributed by atoms with Crippen molar-refractivity contribution in [2.75, 3.05) is 25.3 Å². The van der Waals surface area contributed by atoms with Gasteiger partial charge in [0.15, 0.2) is 16.7 Å². The van der Waals surface area contributed by atoms with Crippen LogP contribution in [0.15, 0.2) is 58.6 Å². The summed E-state index contributed by atoms with van der Waals surface area (Å²) in [6.07, 6.45) is 2.68. The molecule has 1 heterocycles. The summed E-state index contributed by atoms with van der Waals surface area (Å²) in [5, 5.41) is 2.74. The van der Waals surface area contributed by atoms with E-state index in [0.717, 1.165) is 28.5 Å². The zero-order valence-corrected chi connectivity index (χ0v) is 16.8. The number of rotatable bonds is 7. The van der Waals surface area contributed by atoms with E-state index in [-0.39, 0.29) is 22.4 Å². The van der Waals surface area contributed by atoms with Crippen molar-refractivity contribution in [2.24, 2.45) is 0 Å². The van der Waals surface area contributed by atoms with Crippen molar-refractivity contribution >= 4 is 23.4 Å². The number of ether oxygens (including phenoxy) is 2. The van der Waals surface area contributed by atoms with Gasteiger partial charge in [-0.1, -0.05) is 11.8 Å². The molecule has 0 saturated carbocycles. The molecule has 3 rings (SSSR count). The predicted molar refractivity (Wildman–Crippen MR) is 109 cm³/mol. The maximum absolute atomic E-state index is 13.5. The number of thioether (sulfide) groups is 1. The molecule has 0 aliphatic rings. The number of carbonyl (C=O) groups excluding carboxylic acids is 1. The number of anilines is 1. The minimum atomic E-state index is -1.07. The third-order valence-electron chi connectivity index (χ3n) is 4.01. The van der Waals surface area contributed by atoms with Crippen LogP contribution in [0.5, 0.6) is 11.5 Å². The van der Waals surface area contributed by atoms with Crippen LogP contribution >= 0.6 is 11.8 Å². The molecule has 0 unspecified atom stereocenters. The van der Waals surface area contributed by atoms with Crippen molar-refractivity contribution in [1.29, 1.82) is 0 Å². The second-order valence-corrected chi connectivity index (χ2v) is 6.87. The lowest BCUT2D eigenvalue weighted by Gasteiger charge is -2.11. The molecule has 0 saturated heterocycles. The lowest BCUT2D eigenvalue weighted by atomic mass is 10.2. The van der Waals surface area contributed by atoms with Crippen molar-refractivity contribution in [1.82, 2.24) is 9.55 Å². The Hall–Kier alpha value is -3.40. The van der Waals surface area contributed by atoms with Crippen molar-refractivity contribution in [3.63, 3.8) is 0 Å². The fourth-order valence-corrected chi connectivity index (χ4v) is 3.25. The van der Waals surface area contributed by atoms with Gasteiger partial charge in [0.1, 0.15) is 11.5 Å². The molecular formula is C20H17F2N3O4S. The Balaban J connectivity index is 1.72. The molecule has 0 bridgehead atoms. The van der Waals surface area contributed by atoms with Gasteiger partial charge in [0.2, 0.25) is 5.91 Å². The molecule has 7 nitrogen and oxygen atoms in total. The molecule has 30 heavy (non-hydrogen) atoms. The van der Waals surface area contributed by atoms with E-state index in [4.69, 9.17) is 9.47 Å². The van der Waals surface area contributed by atoms with Crippen LogP contribution in [-0.2, 0) is 4.79 Å². The molecule has 1 aromatic heterocycles. The van der Waals surface area contributed by atoms with Gasteiger partial charge in [-0.2, -0.15) is 0 Å². The molecular weight excluding hydrogens is 416 g/mol. The number of aromatic nitrogens is 2. The predicted octanol–water partition coefficient (Wildman–Crippen LogP) is 3.26. The number of benzene rings is 2. The minimum absolute atomic E-state index is 0.0408. The SMILES string of the molecule is COc1ccc(NC(=O)CSc2nccn(-c3ccc(F)c(F)c3)c2=O)c(OC)c1. The van der Waals surface area contributed by atoms with Crippen molar-refractivity contribution in [3.8, 4) is 17.2 Å². The van der Waals surface area contributed by atoms with E-state index in [2.05, 4.69) is 10.3 Å². The highest BCUT2D eigenvalue weighted by atomic mass is 32.2. The summed E-state index contributed by atoms with van der Waals surface area (Å²) in [6.45, 7) is 0. The van der Waals surface area contributed by atoms with Crippen LogP contribution in [0.4, 0.5) is 14.5 Å². The first kappa shape index (κ1) is 21.3. The first-order chi connectivity index (χ1) is 14.4. The van der Waals surface area contributed by atoms with Crippen LogP contribution in [0.25, 0.3) is 5.69 Å². The van der Waals surface area contributed by atoms with Crippen molar-refractivity contribution in [2.45, 2.75) is 5.03 Å². The lowest BCUT2D eigenvalue weighted by Crippen LogP contribution is -2.22. The van der Waals surface area contributed by atoms with Crippen LogP contribution in [0.1, 0.15) is 0 Å². The fraction of sp³-hybridized carbons (Fsp3) is 0.150. The number of halogens is 2. The molecule has 2 aromatic carbocycles. The van der Waals surface area contributed by atoms with Gasteiger partial charge in [0.05, 0.1) is 31.3 Å². The van der Waals surface area contributed by atoms with Gasteiger partial charge in [-0.05, 0) is 24.3 Å². The van der Waals surface area contributed by atoms with Gasteiger partial charge >= 0.3 is 0 Å². The number of nitrogens with one attached hydrogen (secondary N) is 1. The Morgan fingerprint density at radius 3 is 2.63 bits per heavy atom. The van der Waals surface area contributed by atoms with E-state index < -0.39 is 17.2 Å². The third-order valence-corrected chi connectivity index (χ3v) is 4.97. The molecule has 1 N–H and O–H groups in total. The molecule has 0 aliphatic carbocycles. The summed E-state index contributed by atoms with van der Waals surface area (Å²) in [5.74, 6) is -1.57. The lowest BCUT2D eigenvalue weighted by molar-refractivity contribution is -0.113. The monoisotopic (exact) mass is 433 g/mol. The topological polar surface area (TPSA) is 82.5 Å². The number of amides is 1. The van der Waals surface area contributed by atoms with E-state index in [0.29, 0.717) is 17.2 Å².